The Morgan fingerprint density at radius 3 is 2.95 bits per heavy atom. The van der Waals surface area contributed by atoms with Crippen LogP contribution in [0.1, 0.15) is 43.8 Å². The molecule has 2 atom stereocenters. The van der Waals surface area contributed by atoms with E-state index in [1.54, 1.807) is 0 Å². The number of aromatic nitrogens is 1. The third-order valence-electron chi connectivity index (χ3n) is 3.98. The van der Waals surface area contributed by atoms with E-state index in [0.717, 1.165) is 25.9 Å². The number of thioether (sulfide) groups is 1. The Bertz CT molecular complexity index is 469. The molecule has 0 aromatic carbocycles. The second-order valence-electron chi connectivity index (χ2n) is 6.59. The Labute approximate surface area is 124 Å². The van der Waals surface area contributed by atoms with E-state index in [2.05, 4.69) is 37.4 Å². The number of thiazole rings is 1. The smallest absolute Gasteiger partial charge is 0.185 e. The third kappa shape index (κ3) is 2.78. The Balaban J connectivity index is 1.86. The maximum atomic E-state index is 6.34. The normalized spacial score (nSPS) is 30.2. The average molecular weight is 297 g/mol. The summed E-state index contributed by atoms with van der Waals surface area (Å²) in [5.41, 5.74) is 7.89. The van der Waals surface area contributed by atoms with Crippen LogP contribution in [-0.4, -0.2) is 29.1 Å². The predicted octanol–water partition coefficient (Wildman–Crippen LogP) is 3.06. The predicted molar refractivity (Wildman–Crippen MR) is 85.3 cm³/mol. The number of rotatable bonds is 1. The van der Waals surface area contributed by atoms with Gasteiger partial charge in [0, 0.05) is 35.0 Å². The van der Waals surface area contributed by atoms with Gasteiger partial charge in [0.2, 0.25) is 0 Å². The second-order valence-corrected chi connectivity index (χ2v) is 9.14. The molecule has 1 aliphatic carbocycles. The molecule has 2 heterocycles. The first-order valence-electron chi connectivity index (χ1n) is 7.06. The molecule has 5 heteroatoms. The number of hydrogen-bond acceptors (Lipinski definition) is 5. The van der Waals surface area contributed by atoms with Crippen LogP contribution in [0.3, 0.4) is 0 Å². The fourth-order valence-corrected chi connectivity index (χ4v) is 5.24. The highest BCUT2D eigenvalue weighted by Gasteiger charge is 2.34. The van der Waals surface area contributed by atoms with Crippen LogP contribution in [0.4, 0.5) is 5.13 Å². The van der Waals surface area contributed by atoms with E-state index in [1.165, 1.54) is 21.5 Å². The van der Waals surface area contributed by atoms with E-state index in [1.807, 2.05) is 11.3 Å². The molecule has 19 heavy (non-hydrogen) atoms. The van der Waals surface area contributed by atoms with Crippen molar-refractivity contribution in [3.63, 3.8) is 0 Å². The average Bonchev–Trinajstić information content (AvgIpc) is 2.71. The largest absolute Gasteiger partial charge is 0.346 e. The van der Waals surface area contributed by atoms with Gasteiger partial charge in [0.25, 0.3) is 0 Å². The molecule has 106 valence electrons. The first-order valence-corrected chi connectivity index (χ1v) is 8.93. The van der Waals surface area contributed by atoms with E-state index >= 15 is 0 Å². The van der Waals surface area contributed by atoms with Gasteiger partial charge in [-0.25, -0.2) is 4.98 Å². The monoisotopic (exact) mass is 297 g/mol. The van der Waals surface area contributed by atoms with Crippen LogP contribution in [0.15, 0.2) is 0 Å². The zero-order valence-corrected chi connectivity index (χ0v) is 13.6. The van der Waals surface area contributed by atoms with E-state index in [0.29, 0.717) is 10.7 Å². The van der Waals surface area contributed by atoms with Crippen LogP contribution in [0.25, 0.3) is 0 Å². The minimum Gasteiger partial charge on any atom is -0.346 e. The molecule has 2 unspecified atom stereocenters. The highest BCUT2D eigenvalue weighted by atomic mass is 32.2. The lowest BCUT2D eigenvalue weighted by molar-refractivity contribution is 0.282. The number of fused-ring (bicyclic) bond motifs is 1. The molecule has 2 N–H and O–H groups in total. The quantitative estimate of drug-likeness (QED) is 0.865. The Hall–Kier alpha value is -0.260. The zero-order chi connectivity index (χ0) is 13.6. The van der Waals surface area contributed by atoms with Gasteiger partial charge in [0.1, 0.15) is 0 Å². The topological polar surface area (TPSA) is 42.2 Å². The van der Waals surface area contributed by atoms with Crippen LogP contribution in [0, 0.1) is 5.41 Å². The van der Waals surface area contributed by atoms with Gasteiger partial charge in [-0.1, -0.05) is 32.1 Å². The first kappa shape index (κ1) is 13.7. The van der Waals surface area contributed by atoms with Crippen LogP contribution in [0.2, 0.25) is 0 Å². The van der Waals surface area contributed by atoms with Gasteiger partial charge in [-0.05, 0) is 18.3 Å². The molecule has 0 radical (unpaired) electrons. The molecular formula is C14H23N3S2. The van der Waals surface area contributed by atoms with Crippen LogP contribution in [-0.2, 0) is 6.42 Å². The van der Waals surface area contributed by atoms with Gasteiger partial charge in [-0.15, -0.1) is 0 Å². The third-order valence-corrected chi connectivity index (χ3v) is 6.41. The Morgan fingerprint density at radius 1 is 1.42 bits per heavy atom. The van der Waals surface area contributed by atoms with Gasteiger partial charge in [0.15, 0.2) is 5.13 Å². The van der Waals surface area contributed by atoms with Crippen molar-refractivity contribution in [1.29, 1.82) is 0 Å². The van der Waals surface area contributed by atoms with E-state index in [4.69, 9.17) is 10.7 Å². The molecule has 3 rings (SSSR count). The van der Waals surface area contributed by atoms with Crippen molar-refractivity contribution in [3.8, 4) is 0 Å². The summed E-state index contributed by atoms with van der Waals surface area (Å²) in [5, 5.41) is 1.91. The van der Waals surface area contributed by atoms with Crippen molar-refractivity contribution in [1.82, 2.24) is 4.98 Å². The standard InChI is InChI=1S/C14H23N3S2/c1-9-8-17(4-5-18-9)13-16-11-7-14(2,3)6-10(15)12(11)19-13/h9-10H,4-8,15H2,1-3H3. The SMILES string of the molecule is CC1CN(c2nc3c(s2)C(N)CC(C)(C)C3)CCS1. The molecule has 1 fully saturated rings. The van der Waals surface area contributed by atoms with Gasteiger partial charge >= 0.3 is 0 Å². The Morgan fingerprint density at radius 2 is 2.21 bits per heavy atom. The summed E-state index contributed by atoms with van der Waals surface area (Å²) < 4.78 is 0. The lowest BCUT2D eigenvalue weighted by atomic mass is 9.77. The summed E-state index contributed by atoms with van der Waals surface area (Å²) in [4.78, 5) is 8.69. The summed E-state index contributed by atoms with van der Waals surface area (Å²) in [7, 11) is 0. The summed E-state index contributed by atoms with van der Waals surface area (Å²) in [6.07, 6.45) is 2.15. The van der Waals surface area contributed by atoms with Crippen LogP contribution in [0.5, 0.6) is 0 Å². The minimum absolute atomic E-state index is 0.182. The van der Waals surface area contributed by atoms with Gasteiger partial charge in [-0.2, -0.15) is 11.8 Å². The second kappa shape index (κ2) is 4.93. The van der Waals surface area contributed by atoms with Crippen molar-refractivity contribution in [2.24, 2.45) is 11.1 Å². The molecule has 3 nitrogen and oxygen atoms in total. The molecule has 1 aromatic rings. The van der Waals surface area contributed by atoms with Crippen LogP contribution < -0.4 is 10.6 Å². The summed E-state index contributed by atoms with van der Waals surface area (Å²) >= 11 is 3.90. The van der Waals surface area contributed by atoms with Crippen molar-refractivity contribution in [2.75, 3.05) is 23.7 Å². The zero-order valence-electron chi connectivity index (χ0n) is 12.0. The molecule has 1 saturated heterocycles. The number of nitrogens with zero attached hydrogens (tertiary/aromatic N) is 2. The summed E-state index contributed by atoms with van der Waals surface area (Å²) in [6.45, 7) is 9.15. The van der Waals surface area contributed by atoms with Crippen molar-refractivity contribution in [2.45, 2.75) is 44.9 Å². The van der Waals surface area contributed by atoms with Gasteiger partial charge in [0.05, 0.1) is 5.69 Å². The molecule has 0 saturated carbocycles. The number of anilines is 1. The fraction of sp³-hybridized carbons (Fsp3) is 0.786. The number of hydrogen-bond donors (Lipinski definition) is 1. The summed E-state index contributed by atoms with van der Waals surface area (Å²) in [6, 6.07) is 0.182. The van der Waals surface area contributed by atoms with E-state index in [9.17, 15) is 0 Å². The molecule has 2 aliphatic rings. The summed E-state index contributed by atoms with van der Waals surface area (Å²) in [5.74, 6) is 1.21. The fourth-order valence-electron chi connectivity index (χ4n) is 3.11. The highest BCUT2D eigenvalue weighted by Crippen LogP contribution is 2.44. The van der Waals surface area contributed by atoms with Gasteiger partial charge in [-0.3, -0.25) is 0 Å². The molecule has 1 aromatic heterocycles. The molecule has 1 aliphatic heterocycles. The van der Waals surface area contributed by atoms with Gasteiger partial charge < -0.3 is 10.6 Å². The minimum atomic E-state index is 0.182. The van der Waals surface area contributed by atoms with E-state index in [-0.39, 0.29) is 6.04 Å². The number of nitrogens with two attached hydrogens (primary N) is 1. The van der Waals surface area contributed by atoms with Crippen molar-refractivity contribution < 1.29 is 0 Å². The molecular weight excluding hydrogens is 274 g/mol. The van der Waals surface area contributed by atoms with E-state index < -0.39 is 0 Å². The molecule has 0 spiro atoms. The molecule has 0 bridgehead atoms. The lowest BCUT2D eigenvalue weighted by Gasteiger charge is -2.32. The van der Waals surface area contributed by atoms with Crippen molar-refractivity contribution in [3.05, 3.63) is 10.6 Å². The van der Waals surface area contributed by atoms with Crippen molar-refractivity contribution >= 4 is 28.2 Å². The molecule has 0 amide bonds. The maximum absolute atomic E-state index is 6.34. The lowest BCUT2D eigenvalue weighted by Crippen LogP contribution is -2.36. The van der Waals surface area contributed by atoms with Crippen LogP contribution >= 0.6 is 23.1 Å². The first-order chi connectivity index (χ1) is 8.94. The Kier molecular flexibility index (Phi) is 3.56. The highest BCUT2D eigenvalue weighted by molar-refractivity contribution is 8.00. The maximum Gasteiger partial charge on any atom is 0.185 e.